The summed E-state index contributed by atoms with van der Waals surface area (Å²) in [6.07, 6.45) is 4.09. The molecule has 0 aromatic carbocycles. The molecule has 3 aliphatic rings. The minimum Gasteiger partial charge on any atom is -0.391 e. The van der Waals surface area contributed by atoms with Crippen molar-refractivity contribution >= 4 is 11.9 Å². The van der Waals surface area contributed by atoms with E-state index in [-0.39, 0.29) is 11.9 Å². The SMILES string of the molecule is O=C1OC(=O)C12CC1CCC2C1. The van der Waals surface area contributed by atoms with E-state index in [0.717, 1.165) is 19.3 Å². The van der Waals surface area contributed by atoms with Crippen molar-refractivity contribution in [1.82, 2.24) is 0 Å². The molecular weight excluding hydrogens is 156 g/mol. The summed E-state index contributed by atoms with van der Waals surface area (Å²) in [6.45, 7) is 0. The lowest BCUT2D eigenvalue weighted by atomic mass is 9.70. The van der Waals surface area contributed by atoms with Crippen LogP contribution in [0.1, 0.15) is 25.7 Å². The zero-order chi connectivity index (χ0) is 8.34. The highest BCUT2D eigenvalue weighted by molar-refractivity contribution is 6.14. The maximum atomic E-state index is 11.2. The summed E-state index contributed by atoms with van der Waals surface area (Å²) < 4.78 is 4.45. The minimum atomic E-state index is -0.650. The molecule has 64 valence electrons. The lowest BCUT2D eigenvalue weighted by Gasteiger charge is -2.39. The van der Waals surface area contributed by atoms with E-state index in [1.54, 1.807) is 0 Å². The number of fused-ring (bicyclic) bond motifs is 3. The molecule has 0 aromatic rings. The Kier molecular flexibility index (Phi) is 0.955. The van der Waals surface area contributed by atoms with Gasteiger partial charge in [-0.1, -0.05) is 6.42 Å². The summed E-state index contributed by atoms with van der Waals surface area (Å²) in [6, 6.07) is 0. The van der Waals surface area contributed by atoms with E-state index < -0.39 is 5.41 Å². The molecule has 2 aliphatic carbocycles. The van der Waals surface area contributed by atoms with Gasteiger partial charge in [-0.3, -0.25) is 9.59 Å². The van der Waals surface area contributed by atoms with Crippen molar-refractivity contribution in [3.8, 4) is 0 Å². The predicted molar refractivity (Wildman–Crippen MR) is 39.0 cm³/mol. The molecule has 12 heavy (non-hydrogen) atoms. The van der Waals surface area contributed by atoms with Crippen LogP contribution < -0.4 is 0 Å². The third kappa shape index (κ3) is 0.490. The fraction of sp³-hybridized carbons (Fsp3) is 0.778. The topological polar surface area (TPSA) is 43.4 Å². The molecule has 2 bridgehead atoms. The number of hydrogen-bond acceptors (Lipinski definition) is 3. The highest BCUT2D eigenvalue weighted by atomic mass is 16.6. The highest BCUT2D eigenvalue weighted by Crippen LogP contribution is 2.60. The Balaban J connectivity index is 2.02. The molecule has 1 spiro atoms. The number of carbonyl (C=O) groups is 2. The first-order valence-electron chi connectivity index (χ1n) is 4.50. The Morgan fingerprint density at radius 1 is 1.25 bits per heavy atom. The van der Waals surface area contributed by atoms with Crippen LogP contribution in [-0.4, -0.2) is 11.9 Å². The van der Waals surface area contributed by atoms with Crippen molar-refractivity contribution in [2.75, 3.05) is 0 Å². The van der Waals surface area contributed by atoms with Crippen LogP contribution in [0.25, 0.3) is 0 Å². The molecule has 1 aliphatic heterocycles. The molecule has 0 N–H and O–H groups in total. The molecule has 3 fully saturated rings. The third-order valence-electron chi connectivity index (χ3n) is 3.76. The lowest BCUT2D eigenvalue weighted by molar-refractivity contribution is -0.201. The zero-order valence-electron chi connectivity index (χ0n) is 6.71. The summed E-state index contributed by atoms with van der Waals surface area (Å²) in [5.41, 5.74) is -0.650. The number of carbonyl (C=O) groups excluding carboxylic acids is 2. The van der Waals surface area contributed by atoms with Gasteiger partial charge in [0.1, 0.15) is 0 Å². The fourth-order valence-electron chi connectivity index (χ4n) is 3.13. The molecule has 2 atom stereocenters. The van der Waals surface area contributed by atoms with Crippen LogP contribution in [0.2, 0.25) is 0 Å². The minimum absolute atomic E-state index is 0.250. The highest BCUT2D eigenvalue weighted by Gasteiger charge is 2.68. The quantitative estimate of drug-likeness (QED) is 0.396. The van der Waals surface area contributed by atoms with E-state index >= 15 is 0 Å². The molecule has 3 nitrogen and oxygen atoms in total. The van der Waals surface area contributed by atoms with Crippen molar-refractivity contribution in [1.29, 1.82) is 0 Å². The van der Waals surface area contributed by atoms with Crippen LogP contribution in [0.3, 0.4) is 0 Å². The second-order valence-corrected chi connectivity index (χ2v) is 4.23. The average molecular weight is 166 g/mol. The number of esters is 2. The van der Waals surface area contributed by atoms with Gasteiger partial charge in [0.25, 0.3) is 0 Å². The summed E-state index contributed by atoms with van der Waals surface area (Å²) in [7, 11) is 0. The Morgan fingerprint density at radius 3 is 2.33 bits per heavy atom. The summed E-state index contributed by atoms with van der Waals surface area (Å²) in [4.78, 5) is 22.4. The van der Waals surface area contributed by atoms with Crippen LogP contribution in [0.15, 0.2) is 0 Å². The van der Waals surface area contributed by atoms with Crippen molar-refractivity contribution < 1.29 is 14.3 Å². The Hall–Kier alpha value is -0.860. The summed E-state index contributed by atoms with van der Waals surface area (Å²) in [5, 5.41) is 0. The number of rotatable bonds is 0. The van der Waals surface area contributed by atoms with E-state index in [1.165, 1.54) is 6.42 Å². The van der Waals surface area contributed by atoms with Crippen molar-refractivity contribution in [2.24, 2.45) is 17.3 Å². The first-order valence-corrected chi connectivity index (χ1v) is 4.50. The van der Waals surface area contributed by atoms with Crippen LogP contribution >= 0.6 is 0 Å². The molecular formula is C9H10O3. The standard InChI is InChI=1S/C9H10O3/c10-7-9(8(11)12-7)4-5-1-2-6(9)3-5/h5-6H,1-4H2. The van der Waals surface area contributed by atoms with Crippen LogP contribution in [0.4, 0.5) is 0 Å². The molecule has 0 radical (unpaired) electrons. The monoisotopic (exact) mass is 166 g/mol. The van der Waals surface area contributed by atoms with Gasteiger partial charge in [0, 0.05) is 0 Å². The predicted octanol–water partition coefficient (Wildman–Crippen LogP) is 0.876. The molecule has 2 unspecified atom stereocenters. The van der Waals surface area contributed by atoms with Crippen molar-refractivity contribution in [3.63, 3.8) is 0 Å². The summed E-state index contributed by atoms with van der Waals surface area (Å²) >= 11 is 0. The summed E-state index contributed by atoms with van der Waals surface area (Å²) in [5.74, 6) is 0.433. The second kappa shape index (κ2) is 1.73. The number of hydrogen-bond donors (Lipinski definition) is 0. The first kappa shape index (κ1) is 6.63. The van der Waals surface area contributed by atoms with Gasteiger partial charge in [0.15, 0.2) is 5.41 Å². The van der Waals surface area contributed by atoms with Gasteiger partial charge in [-0.15, -0.1) is 0 Å². The third-order valence-corrected chi connectivity index (χ3v) is 3.76. The van der Waals surface area contributed by atoms with Crippen LogP contribution in [0.5, 0.6) is 0 Å². The van der Waals surface area contributed by atoms with Gasteiger partial charge >= 0.3 is 11.9 Å². The van der Waals surface area contributed by atoms with Crippen molar-refractivity contribution in [3.05, 3.63) is 0 Å². The van der Waals surface area contributed by atoms with Crippen LogP contribution in [-0.2, 0) is 14.3 Å². The zero-order valence-corrected chi connectivity index (χ0v) is 6.71. The van der Waals surface area contributed by atoms with Gasteiger partial charge in [-0.25, -0.2) is 0 Å². The molecule has 0 aromatic heterocycles. The molecule has 1 heterocycles. The average Bonchev–Trinajstić information content (AvgIpc) is 2.63. The maximum absolute atomic E-state index is 11.2. The van der Waals surface area contributed by atoms with Gasteiger partial charge in [0.05, 0.1) is 0 Å². The first-order chi connectivity index (χ1) is 5.73. The largest absolute Gasteiger partial charge is 0.391 e. The lowest BCUT2D eigenvalue weighted by Crippen LogP contribution is -2.56. The van der Waals surface area contributed by atoms with Gasteiger partial charge in [0.2, 0.25) is 0 Å². The Bertz CT molecular complexity index is 267. The smallest absolute Gasteiger partial charge is 0.331 e. The number of cyclic esters (lactones) is 2. The fourth-order valence-corrected chi connectivity index (χ4v) is 3.13. The molecule has 2 saturated carbocycles. The molecule has 0 amide bonds. The second-order valence-electron chi connectivity index (χ2n) is 4.23. The van der Waals surface area contributed by atoms with Gasteiger partial charge < -0.3 is 4.74 Å². The molecule has 3 heteroatoms. The maximum Gasteiger partial charge on any atom is 0.331 e. The number of ether oxygens (including phenoxy) is 1. The Morgan fingerprint density at radius 2 is 2.00 bits per heavy atom. The van der Waals surface area contributed by atoms with E-state index in [2.05, 4.69) is 4.74 Å². The van der Waals surface area contributed by atoms with Gasteiger partial charge in [-0.05, 0) is 31.1 Å². The van der Waals surface area contributed by atoms with E-state index in [0.29, 0.717) is 11.8 Å². The van der Waals surface area contributed by atoms with E-state index in [1.807, 2.05) is 0 Å². The van der Waals surface area contributed by atoms with Crippen molar-refractivity contribution in [2.45, 2.75) is 25.7 Å². The normalized spacial score (nSPS) is 41.7. The van der Waals surface area contributed by atoms with Gasteiger partial charge in [-0.2, -0.15) is 0 Å². The molecule has 1 saturated heterocycles. The molecule has 3 rings (SSSR count). The Labute approximate surface area is 70.1 Å². The van der Waals surface area contributed by atoms with E-state index in [9.17, 15) is 9.59 Å². The van der Waals surface area contributed by atoms with Crippen LogP contribution in [0, 0.1) is 17.3 Å². The van der Waals surface area contributed by atoms with E-state index in [4.69, 9.17) is 0 Å².